The molecule has 1 aromatic carbocycles. The zero-order valence-electron chi connectivity index (χ0n) is 12.4. The Hall–Kier alpha value is -2.68. The van der Waals surface area contributed by atoms with Crippen LogP contribution in [0.5, 0.6) is 5.75 Å². The fourth-order valence-electron chi connectivity index (χ4n) is 2.19. The summed E-state index contributed by atoms with van der Waals surface area (Å²) in [7, 11) is -2.30. The van der Waals surface area contributed by atoms with Gasteiger partial charge in [0.15, 0.2) is 6.10 Å². The maximum absolute atomic E-state index is 12.4. The molecule has 0 saturated heterocycles. The first-order valence-corrected chi connectivity index (χ1v) is 8.25. The summed E-state index contributed by atoms with van der Waals surface area (Å²) in [6, 6.07) is 5.88. The Bertz CT molecular complexity index is 854. The van der Waals surface area contributed by atoms with Crippen LogP contribution < -0.4 is 14.4 Å². The predicted octanol–water partition coefficient (Wildman–Crippen LogP) is 1.02. The smallest absolute Gasteiger partial charge is 0.267 e. The van der Waals surface area contributed by atoms with Gasteiger partial charge in [0.25, 0.3) is 15.9 Å². The molecular formula is C14H14N4O4S. The van der Waals surface area contributed by atoms with E-state index in [1.165, 1.54) is 35.5 Å². The lowest BCUT2D eigenvalue weighted by Gasteiger charge is -2.30. The minimum absolute atomic E-state index is 0.0125. The highest BCUT2D eigenvalue weighted by molar-refractivity contribution is 7.92. The van der Waals surface area contributed by atoms with Crippen LogP contribution in [0, 0.1) is 0 Å². The number of rotatable bonds is 3. The number of benzene rings is 1. The first-order valence-electron chi connectivity index (χ1n) is 6.76. The Labute approximate surface area is 133 Å². The van der Waals surface area contributed by atoms with Crippen molar-refractivity contribution in [2.24, 2.45) is 0 Å². The Morgan fingerprint density at radius 3 is 2.65 bits per heavy atom. The zero-order valence-corrected chi connectivity index (χ0v) is 13.2. The number of amides is 1. The molecule has 1 unspecified atom stereocenters. The van der Waals surface area contributed by atoms with Crippen LogP contribution in [-0.2, 0) is 14.8 Å². The Balaban J connectivity index is 1.97. The number of fused-ring (bicyclic) bond motifs is 1. The number of hydrogen-bond donors (Lipinski definition) is 1. The molecule has 3 rings (SSSR count). The van der Waals surface area contributed by atoms with E-state index < -0.39 is 16.1 Å². The molecule has 1 N–H and O–H groups in total. The highest BCUT2D eigenvalue weighted by atomic mass is 32.2. The molecule has 1 atom stereocenters. The third-order valence-electron chi connectivity index (χ3n) is 3.38. The summed E-state index contributed by atoms with van der Waals surface area (Å²) >= 11 is 0. The van der Waals surface area contributed by atoms with Gasteiger partial charge in [-0.05, 0) is 31.2 Å². The van der Waals surface area contributed by atoms with Crippen LogP contribution >= 0.6 is 0 Å². The van der Waals surface area contributed by atoms with Crippen LogP contribution in [0.25, 0.3) is 0 Å². The van der Waals surface area contributed by atoms with Gasteiger partial charge in [0.05, 0.1) is 10.6 Å². The first kappa shape index (κ1) is 15.2. The van der Waals surface area contributed by atoms with Crippen LogP contribution in [0.3, 0.4) is 0 Å². The fraction of sp³-hybridized carbons (Fsp3) is 0.214. The van der Waals surface area contributed by atoms with Gasteiger partial charge in [0.2, 0.25) is 5.95 Å². The lowest BCUT2D eigenvalue weighted by molar-refractivity contribution is -0.125. The number of hydrogen-bond acceptors (Lipinski definition) is 6. The minimum atomic E-state index is -3.87. The minimum Gasteiger partial charge on any atom is -0.479 e. The number of likely N-dealkylation sites (N-methyl/N-ethyl adjacent to an activating group) is 1. The lowest BCUT2D eigenvalue weighted by atomic mass is 10.2. The van der Waals surface area contributed by atoms with Crippen LogP contribution in [0.1, 0.15) is 6.92 Å². The molecule has 0 radical (unpaired) electrons. The Morgan fingerprint density at radius 2 is 1.96 bits per heavy atom. The van der Waals surface area contributed by atoms with Gasteiger partial charge in [-0.2, -0.15) is 0 Å². The van der Waals surface area contributed by atoms with Crippen molar-refractivity contribution >= 4 is 27.6 Å². The predicted molar refractivity (Wildman–Crippen MR) is 82.8 cm³/mol. The summed E-state index contributed by atoms with van der Waals surface area (Å²) in [5, 5.41) is 0. The average molecular weight is 334 g/mol. The number of nitrogens with one attached hydrogen (secondary N) is 1. The van der Waals surface area contributed by atoms with Gasteiger partial charge in [-0.1, -0.05) is 0 Å². The summed E-state index contributed by atoms with van der Waals surface area (Å²) in [4.78, 5) is 21.0. The number of anilines is 2. The number of carbonyl (C=O) groups is 1. The second-order valence-corrected chi connectivity index (χ2v) is 6.65. The van der Waals surface area contributed by atoms with Crippen LogP contribution in [0.4, 0.5) is 11.6 Å². The van der Waals surface area contributed by atoms with Gasteiger partial charge in [0.1, 0.15) is 5.75 Å². The second kappa shape index (κ2) is 5.51. The maximum Gasteiger partial charge on any atom is 0.267 e. The zero-order chi connectivity index (χ0) is 16.6. The monoisotopic (exact) mass is 334 g/mol. The summed E-state index contributed by atoms with van der Waals surface area (Å²) in [6.07, 6.45) is 2.25. The van der Waals surface area contributed by atoms with E-state index in [4.69, 9.17) is 4.74 Å². The average Bonchev–Trinajstić information content (AvgIpc) is 2.53. The van der Waals surface area contributed by atoms with Crippen molar-refractivity contribution in [1.29, 1.82) is 0 Å². The molecule has 1 aliphatic heterocycles. The standard InChI is InChI=1S/C14H14N4O4S/c1-9-13(19)18(2)11-8-10(4-5-12(11)22-9)23(20,21)17-14-15-6-3-7-16-14/h3-9H,1-2H3,(H,15,16,17). The van der Waals surface area contributed by atoms with Gasteiger partial charge < -0.3 is 9.64 Å². The van der Waals surface area contributed by atoms with E-state index in [9.17, 15) is 13.2 Å². The topological polar surface area (TPSA) is 101 Å². The van der Waals surface area contributed by atoms with Crippen LogP contribution in [-0.4, -0.2) is 37.4 Å². The number of ether oxygens (including phenoxy) is 1. The number of aromatic nitrogens is 2. The summed E-state index contributed by atoms with van der Waals surface area (Å²) < 4.78 is 32.6. The molecule has 0 saturated carbocycles. The quantitative estimate of drug-likeness (QED) is 0.899. The van der Waals surface area contributed by atoms with Crippen LogP contribution in [0.2, 0.25) is 0 Å². The van der Waals surface area contributed by atoms with Crippen molar-refractivity contribution in [2.45, 2.75) is 17.9 Å². The molecule has 9 heteroatoms. The van der Waals surface area contributed by atoms with E-state index in [0.717, 1.165) is 0 Å². The fourth-order valence-corrected chi connectivity index (χ4v) is 3.17. The van der Waals surface area contributed by atoms with Gasteiger partial charge in [-0.3, -0.25) is 4.79 Å². The van der Waals surface area contributed by atoms with Crippen LogP contribution in [0.15, 0.2) is 41.6 Å². The first-order chi connectivity index (χ1) is 10.9. The third-order valence-corrected chi connectivity index (χ3v) is 4.70. The van der Waals surface area contributed by atoms with E-state index >= 15 is 0 Å². The van der Waals surface area contributed by atoms with Gasteiger partial charge in [0, 0.05) is 19.4 Å². The van der Waals surface area contributed by atoms with Crippen molar-refractivity contribution in [3.8, 4) is 5.75 Å². The van der Waals surface area contributed by atoms with Crippen molar-refractivity contribution in [2.75, 3.05) is 16.7 Å². The summed E-state index contributed by atoms with van der Waals surface area (Å²) in [6.45, 7) is 1.64. The summed E-state index contributed by atoms with van der Waals surface area (Å²) in [5.41, 5.74) is 0.393. The maximum atomic E-state index is 12.4. The van der Waals surface area contributed by atoms with Crippen molar-refractivity contribution < 1.29 is 17.9 Å². The van der Waals surface area contributed by atoms with E-state index in [2.05, 4.69) is 14.7 Å². The molecular weight excluding hydrogens is 320 g/mol. The van der Waals surface area contributed by atoms with E-state index in [0.29, 0.717) is 11.4 Å². The highest BCUT2D eigenvalue weighted by Gasteiger charge is 2.30. The highest BCUT2D eigenvalue weighted by Crippen LogP contribution is 2.35. The van der Waals surface area contributed by atoms with Crippen molar-refractivity contribution in [3.63, 3.8) is 0 Å². The third kappa shape index (κ3) is 2.82. The molecule has 2 heterocycles. The molecule has 8 nitrogen and oxygen atoms in total. The van der Waals surface area contributed by atoms with Gasteiger partial charge in [-0.15, -0.1) is 0 Å². The Kier molecular flexibility index (Phi) is 3.64. The molecule has 0 fully saturated rings. The molecule has 1 amide bonds. The normalized spacial score (nSPS) is 17.4. The summed E-state index contributed by atoms with van der Waals surface area (Å²) in [5.74, 6) is 0.181. The number of carbonyl (C=O) groups excluding carboxylic acids is 1. The molecule has 23 heavy (non-hydrogen) atoms. The molecule has 1 aromatic heterocycles. The SMILES string of the molecule is CC1Oc2ccc(S(=O)(=O)Nc3ncccn3)cc2N(C)C1=O. The van der Waals surface area contributed by atoms with Crippen molar-refractivity contribution in [1.82, 2.24) is 9.97 Å². The van der Waals surface area contributed by atoms with E-state index in [1.54, 1.807) is 20.0 Å². The van der Waals surface area contributed by atoms with Gasteiger partial charge >= 0.3 is 0 Å². The van der Waals surface area contributed by atoms with E-state index in [1.807, 2.05) is 0 Å². The van der Waals surface area contributed by atoms with Gasteiger partial charge in [-0.25, -0.2) is 23.1 Å². The van der Waals surface area contributed by atoms with Crippen molar-refractivity contribution in [3.05, 3.63) is 36.7 Å². The lowest BCUT2D eigenvalue weighted by Crippen LogP contribution is -2.42. The number of nitrogens with zero attached hydrogens (tertiary/aromatic N) is 3. The largest absolute Gasteiger partial charge is 0.479 e. The Morgan fingerprint density at radius 1 is 1.26 bits per heavy atom. The number of sulfonamides is 1. The molecule has 0 bridgehead atoms. The second-order valence-electron chi connectivity index (χ2n) is 4.96. The molecule has 2 aromatic rings. The molecule has 0 aliphatic carbocycles. The van der Waals surface area contributed by atoms with E-state index in [-0.39, 0.29) is 16.8 Å². The molecule has 1 aliphatic rings. The molecule has 0 spiro atoms. The molecule has 120 valence electrons.